The quantitative estimate of drug-likeness (QED) is 0.424. The summed E-state index contributed by atoms with van der Waals surface area (Å²) in [5.74, 6) is -1.21. The molecule has 2 amide bonds. The van der Waals surface area contributed by atoms with Crippen molar-refractivity contribution in [1.29, 1.82) is 0 Å². The van der Waals surface area contributed by atoms with Crippen LogP contribution in [0.4, 0.5) is 0 Å². The van der Waals surface area contributed by atoms with Crippen molar-refractivity contribution in [3.05, 3.63) is 112 Å². The van der Waals surface area contributed by atoms with Gasteiger partial charge in [-0.3, -0.25) is 14.6 Å². The smallest absolute Gasteiger partial charge is 0.336 e. The minimum absolute atomic E-state index is 0.114. The van der Waals surface area contributed by atoms with Gasteiger partial charge in [-0.2, -0.15) is 0 Å². The maximum atomic E-state index is 13.3. The van der Waals surface area contributed by atoms with Gasteiger partial charge in [0.1, 0.15) is 0 Å². The number of esters is 1. The molecule has 0 bridgehead atoms. The first-order valence-electron chi connectivity index (χ1n) is 12.1. The summed E-state index contributed by atoms with van der Waals surface area (Å²) in [6, 6.07) is 18.0. The van der Waals surface area contributed by atoms with E-state index in [2.05, 4.69) is 10.3 Å². The van der Waals surface area contributed by atoms with Crippen molar-refractivity contribution in [2.75, 3.05) is 6.61 Å². The van der Waals surface area contributed by atoms with Gasteiger partial charge in [0.05, 0.1) is 18.7 Å². The van der Waals surface area contributed by atoms with Gasteiger partial charge in [0.2, 0.25) is 5.91 Å². The lowest BCUT2D eigenvalue weighted by atomic mass is 9.83. The van der Waals surface area contributed by atoms with Crippen molar-refractivity contribution in [2.45, 2.75) is 39.3 Å². The Bertz CT molecular complexity index is 1320. The van der Waals surface area contributed by atoms with Crippen LogP contribution in [-0.2, 0) is 27.4 Å². The van der Waals surface area contributed by atoms with E-state index in [1.54, 1.807) is 61.5 Å². The zero-order valence-corrected chi connectivity index (χ0v) is 21.5. The van der Waals surface area contributed by atoms with E-state index in [0.29, 0.717) is 28.4 Å². The molecule has 0 spiro atoms. The highest BCUT2D eigenvalue weighted by Gasteiger charge is 2.36. The van der Waals surface area contributed by atoms with Crippen LogP contribution in [0.5, 0.6) is 0 Å². The number of amides is 2. The molecule has 0 radical (unpaired) electrons. The number of rotatable bonds is 8. The molecule has 2 aromatic carbocycles. The SMILES string of the molecule is CCOC(=O)C1=C(C)N(Cc2cccc(C(=O)NCc3cccnc3)c2)C(=O)CC1c1ccc(Cl)cc1. The molecule has 1 N–H and O–H groups in total. The molecule has 0 aliphatic carbocycles. The fourth-order valence-electron chi connectivity index (χ4n) is 4.44. The molecular formula is C29H28ClN3O4. The second-order valence-electron chi connectivity index (χ2n) is 8.75. The summed E-state index contributed by atoms with van der Waals surface area (Å²) in [6.45, 7) is 4.33. The number of pyridine rings is 1. The van der Waals surface area contributed by atoms with Gasteiger partial charge in [-0.15, -0.1) is 0 Å². The molecule has 0 saturated heterocycles. The molecule has 1 unspecified atom stereocenters. The summed E-state index contributed by atoms with van der Waals surface area (Å²) in [6.07, 6.45) is 3.50. The largest absolute Gasteiger partial charge is 0.463 e. The van der Waals surface area contributed by atoms with Crippen LogP contribution in [0.15, 0.2) is 84.3 Å². The third-order valence-electron chi connectivity index (χ3n) is 6.30. The summed E-state index contributed by atoms with van der Waals surface area (Å²) in [7, 11) is 0. The van der Waals surface area contributed by atoms with Crippen molar-refractivity contribution in [2.24, 2.45) is 0 Å². The monoisotopic (exact) mass is 517 g/mol. The molecular weight excluding hydrogens is 490 g/mol. The standard InChI is InChI=1S/C29H28ClN3O4/c1-3-37-29(36)27-19(2)33(26(34)15-25(27)22-9-11-24(30)12-10-22)18-20-6-4-8-23(14-20)28(35)32-17-21-7-5-13-31-16-21/h4-14,16,25H,3,15,17-18H2,1-2H3,(H,32,35). The molecule has 37 heavy (non-hydrogen) atoms. The molecule has 1 aromatic heterocycles. The van der Waals surface area contributed by atoms with Gasteiger partial charge in [0.25, 0.3) is 5.91 Å². The summed E-state index contributed by atoms with van der Waals surface area (Å²) < 4.78 is 5.36. The van der Waals surface area contributed by atoms with Gasteiger partial charge in [-0.25, -0.2) is 4.79 Å². The molecule has 1 aliphatic heterocycles. The molecule has 4 rings (SSSR count). The van der Waals surface area contributed by atoms with E-state index < -0.39 is 11.9 Å². The Morgan fingerprint density at radius 3 is 2.57 bits per heavy atom. The summed E-state index contributed by atoms with van der Waals surface area (Å²) >= 11 is 6.05. The average Bonchev–Trinajstić information content (AvgIpc) is 2.90. The number of aromatic nitrogens is 1. The number of hydrogen-bond donors (Lipinski definition) is 1. The molecule has 0 fully saturated rings. The van der Waals surface area contributed by atoms with E-state index in [1.807, 2.05) is 30.3 Å². The Kier molecular flexibility index (Phi) is 8.36. The number of hydrogen-bond acceptors (Lipinski definition) is 5. The second kappa shape index (κ2) is 11.8. The summed E-state index contributed by atoms with van der Waals surface area (Å²) in [4.78, 5) is 44.7. The average molecular weight is 518 g/mol. The van der Waals surface area contributed by atoms with Gasteiger partial charge in [-0.05, 0) is 60.9 Å². The van der Waals surface area contributed by atoms with E-state index in [1.165, 1.54) is 0 Å². The number of nitrogens with zero attached hydrogens (tertiary/aromatic N) is 2. The van der Waals surface area contributed by atoms with Crippen LogP contribution in [0, 0.1) is 0 Å². The Morgan fingerprint density at radius 2 is 1.86 bits per heavy atom. The Hall–Kier alpha value is -3.97. The number of halogens is 1. The zero-order valence-electron chi connectivity index (χ0n) is 20.7. The molecule has 7 nitrogen and oxygen atoms in total. The fraction of sp³-hybridized carbons (Fsp3) is 0.241. The molecule has 2 heterocycles. The van der Waals surface area contributed by atoms with E-state index in [-0.39, 0.29) is 31.4 Å². The highest BCUT2D eigenvalue weighted by molar-refractivity contribution is 6.30. The highest BCUT2D eigenvalue weighted by Crippen LogP contribution is 2.38. The van der Waals surface area contributed by atoms with E-state index in [9.17, 15) is 14.4 Å². The highest BCUT2D eigenvalue weighted by atomic mass is 35.5. The summed E-state index contributed by atoms with van der Waals surface area (Å²) in [5.41, 5.74) is 3.97. The number of ether oxygens (including phenoxy) is 1. The molecule has 8 heteroatoms. The van der Waals surface area contributed by atoms with E-state index in [0.717, 1.165) is 16.7 Å². The molecule has 1 atom stereocenters. The van der Waals surface area contributed by atoms with Crippen LogP contribution in [0.25, 0.3) is 0 Å². The van der Waals surface area contributed by atoms with Crippen molar-refractivity contribution < 1.29 is 19.1 Å². The molecule has 0 saturated carbocycles. The molecule has 190 valence electrons. The summed E-state index contributed by atoms with van der Waals surface area (Å²) in [5, 5.41) is 3.47. The topological polar surface area (TPSA) is 88.6 Å². The van der Waals surface area contributed by atoms with E-state index >= 15 is 0 Å². The van der Waals surface area contributed by atoms with Crippen LogP contribution in [0.1, 0.15) is 53.2 Å². The van der Waals surface area contributed by atoms with E-state index in [4.69, 9.17) is 16.3 Å². The Labute approximate surface area is 221 Å². The second-order valence-corrected chi connectivity index (χ2v) is 9.19. The van der Waals surface area contributed by atoms with Crippen LogP contribution >= 0.6 is 11.6 Å². The fourth-order valence-corrected chi connectivity index (χ4v) is 4.56. The number of benzene rings is 2. The first kappa shape index (κ1) is 26.1. The maximum absolute atomic E-state index is 13.3. The Morgan fingerprint density at radius 1 is 1.11 bits per heavy atom. The minimum Gasteiger partial charge on any atom is -0.463 e. The first-order valence-corrected chi connectivity index (χ1v) is 12.4. The minimum atomic E-state index is -0.444. The van der Waals surface area contributed by atoms with Gasteiger partial charge in [-0.1, -0.05) is 41.9 Å². The van der Waals surface area contributed by atoms with Crippen LogP contribution in [0.2, 0.25) is 5.02 Å². The zero-order chi connectivity index (χ0) is 26.4. The van der Waals surface area contributed by atoms with Crippen molar-refractivity contribution in [3.8, 4) is 0 Å². The lowest BCUT2D eigenvalue weighted by Gasteiger charge is -2.34. The van der Waals surface area contributed by atoms with Crippen molar-refractivity contribution >= 4 is 29.4 Å². The lowest BCUT2D eigenvalue weighted by Crippen LogP contribution is -2.38. The third-order valence-corrected chi connectivity index (χ3v) is 6.55. The van der Waals surface area contributed by atoms with Crippen LogP contribution in [0.3, 0.4) is 0 Å². The van der Waals surface area contributed by atoms with Crippen molar-refractivity contribution in [3.63, 3.8) is 0 Å². The van der Waals surface area contributed by atoms with Gasteiger partial charge in [0.15, 0.2) is 0 Å². The number of carbonyl (C=O) groups is 3. The van der Waals surface area contributed by atoms with Crippen LogP contribution in [-0.4, -0.2) is 34.3 Å². The lowest BCUT2D eigenvalue weighted by molar-refractivity contribution is -0.140. The van der Waals surface area contributed by atoms with Gasteiger partial charge < -0.3 is 15.0 Å². The van der Waals surface area contributed by atoms with Crippen molar-refractivity contribution in [1.82, 2.24) is 15.2 Å². The predicted molar refractivity (Wildman–Crippen MR) is 141 cm³/mol. The van der Waals surface area contributed by atoms with Gasteiger partial charge in [0, 0.05) is 47.6 Å². The number of nitrogens with one attached hydrogen (secondary N) is 1. The number of allylic oxidation sites excluding steroid dienone is 1. The molecule has 1 aliphatic rings. The van der Waals surface area contributed by atoms with Crippen LogP contribution < -0.4 is 5.32 Å². The first-order chi connectivity index (χ1) is 17.9. The third kappa shape index (κ3) is 6.24. The normalized spacial score (nSPS) is 15.5. The number of carbonyl (C=O) groups excluding carboxylic acids is 3. The molecule has 3 aromatic rings. The Balaban J connectivity index is 1.57. The van der Waals surface area contributed by atoms with Gasteiger partial charge >= 0.3 is 5.97 Å². The predicted octanol–water partition coefficient (Wildman–Crippen LogP) is 5.02. The maximum Gasteiger partial charge on any atom is 0.336 e.